The number of nitrogens with one attached hydrogen (secondary N) is 1. The van der Waals surface area contributed by atoms with Gasteiger partial charge in [-0.15, -0.1) is 0 Å². The molecular formula is C18H22N2O. The van der Waals surface area contributed by atoms with Crippen molar-refractivity contribution in [3.63, 3.8) is 0 Å². The van der Waals surface area contributed by atoms with Crippen molar-refractivity contribution in [1.29, 1.82) is 0 Å². The lowest BCUT2D eigenvalue weighted by molar-refractivity contribution is 0.0954. The molecule has 21 heavy (non-hydrogen) atoms. The number of hydrogen-bond acceptors (Lipinski definition) is 2. The Morgan fingerprint density at radius 1 is 1.24 bits per heavy atom. The molecule has 2 aliphatic carbocycles. The Hall–Kier alpha value is -1.90. The first-order valence-electron chi connectivity index (χ1n) is 7.59. The zero-order chi connectivity index (χ0) is 15.0. The minimum Gasteiger partial charge on any atom is -0.267 e. The van der Waals surface area contributed by atoms with E-state index in [0.29, 0.717) is 17.4 Å². The summed E-state index contributed by atoms with van der Waals surface area (Å²) >= 11 is 0. The van der Waals surface area contributed by atoms with Crippen LogP contribution in [0.5, 0.6) is 0 Å². The van der Waals surface area contributed by atoms with Gasteiger partial charge in [-0.1, -0.05) is 45.1 Å². The van der Waals surface area contributed by atoms with Crippen molar-refractivity contribution in [1.82, 2.24) is 5.43 Å². The van der Waals surface area contributed by atoms with E-state index in [9.17, 15) is 4.79 Å². The van der Waals surface area contributed by atoms with E-state index in [0.717, 1.165) is 18.6 Å². The van der Waals surface area contributed by atoms with E-state index in [-0.39, 0.29) is 11.3 Å². The molecule has 0 bridgehead atoms. The van der Waals surface area contributed by atoms with Gasteiger partial charge in [0.2, 0.25) is 0 Å². The molecule has 0 radical (unpaired) electrons. The second-order valence-corrected chi connectivity index (χ2v) is 7.01. The summed E-state index contributed by atoms with van der Waals surface area (Å²) in [5, 5.41) is 4.30. The third kappa shape index (κ3) is 2.78. The molecule has 1 saturated carbocycles. The molecular weight excluding hydrogens is 260 g/mol. The third-order valence-corrected chi connectivity index (χ3v) is 4.48. The number of allylic oxidation sites excluding steroid dienone is 2. The smallest absolute Gasteiger partial charge is 0.267 e. The highest BCUT2D eigenvalue weighted by atomic mass is 16.2. The standard InChI is InChI=1S/C18H22N2O/c1-18(2,3)14-9-7-12(8-10-14)17(21)20-19-16-11-13-5-4-6-15(13)16/h4-5,7-10,13,15H,6,11H2,1-3H3,(H,20,21)/b19-16+/t13-,15-/m0/s1. The van der Waals surface area contributed by atoms with Crippen molar-refractivity contribution in [2.45, 2.75) is 39.0 Å². The average Bonchev–Trinajstić information content (AvgIpc) is 2.79. The second kappa shape index (κ2) is 5.14. The van der Waals surface area contributed by atoms with Crippen LogP contribution in [0.4, 0.5) is 0 Å². The van der Waals surface area contributed by atoms with Crippen LogP contribution < -0.4 is 5.43 Å². The molecule has 3 nitrogen and oxygen atoms in total. The Labute approximate surface area is 126 Å². The number of hydrazone groups is 1. The molecule has 110 valence electrons. The van der Waals surface area contributed by atoms with Gasteiger partial charge in [0.15, 0.2) is 0 Å². The molecule has 3 heteroatoms. The molecule has 1 aromatic rings. The topological polar surface area (TPSA) is 41.5 Å². The van der Waals surface area contributed by atoms with Crippen LogP contribution in [0.25, 0.3) is 0 Å². The van der Waals surface area contributed by atoms with Crippen LogP contribution in [-0.2, 0) is 5.41 Å². The monoisotopic (exact) mass is 282 g/mol. The minimum atomic E-state index is -0.127. The molecule has 0 saturated heterocycles. The first kappa shape index (κ1) is 14.1. The number of carbonyl (C=O) groups excluding carboxylic acids is 1. The van der Waals surface area contributed by atoms with E-state index >= 15 is 0 Å². The van der Waals surface area contributed by atoms with E-state index in [2.05, 4.69) is 43.5 Å². The van der Waals surface area contributed by atoms with Crippen molar-refractivity contribution < 1.29 is 4.79 Å². The van der Waals surface area contributed by atoms with Crippen molar-refractivity contribution in [3.8, 4) is 0 Å². The molecule has 0 spiro atoms. The minimum absolute atomic E-state index is 0.103. The molecule has 1 fully saturated rings. The lowest BCUT2D eigenvalue weighted by Crippen LogP contribution is -2.35. The largest absolute Gasteiger partial charge is 0.271 e. The number of benzene rings is 1. The molecule has 0 aromatic heterocycles. The van der Waals surface area contributed by atoms with Crippen LogP contribution in [0.2, 0.25) is 0 Å². The SMILES string of the molecule is CC(C)(C)c1ccc(C(=O)N/N=C2\C[C@@H]3C=CC[C@H]23)cc1. The van der Waals surface area contributed by atoms with Crippen LogP contribution in [0.1, 0.15) is 49.5 Å². The van der Waals surface area contributed by atoms with E-state index < -0.39 is 0 Å². The fourth-order valence-electron chi connectivity index (χ4n) is 2.97. The number of nitrogens with zero attached hydrogens (tertiary/aromatic N) is 1. The summed E-state index contributed by atoms with van der Waals surface area (Å²) in [4.78, 5) is 12.1. The zero-order valence-electron chi connectivity index (χ0n) is 12.9. The van der Waals surface area contributed by atoms with Crippen LogP contribution in [-0.4, -0.2) is 11.6 Å². The van der Waals surface area contributed by atoms with Crippen LogP contribution in [0.15, 0.2) is 41.5 Å². The Kier molecular flexibility index (Phi) is 3.44. The average molecular weight is 282 g/mol. The molecule has 1 N–H and O–H groups in total. The molecule has 0 heterocycles. The number of hydrogen-bond donors (Lipinski definition) is 1. The van der Waals surface area contributed by atoms with Gasteiger partial charge in [-0.3, -0.25) is 4.79 Å². The normalized spacial score (nSPS) is 25.6. The first-order chi connectivity index (χ1) is 9.95. The number of fused-ring (bicyclic) bond motifs is 1. The number of rotatable bonds is 2. The van der Waals surface area contributed by atoms with Gasteiger partial charge in [0.25, 0.3) is 5.91 Å². The molecule has 2 aliphatic rings. The van der Waals surface area contributed by atoms with Gasteiger partial charge in [-0.05, 0) is 41.9 Å². The van der Waals surface area contributed by atoms with E-state index in [1.165, 1.54) is 5.56 Å². The van der Waals surface area contributed by atoms with Crippen LogP contribution in [0, 0.1) is 11.8 Å². The fraction of sp³-hybridized carbons (Fsp3) is 0.444. The highest BCUT2D eigenvalue weighted by Crippen LogP contribution is 2.40. The van der Waals surface area contributed by atoms with Gasteiger partial charge in [0.1, 0.15) is 0 Å². The van der Waals surface area contributed by atoms with Crippen molar-refractivity contribution >= 4 is 11.6 Å². The third-order valence-electron chi connectivity index (χ3n) is 4.48. The summed E-state index contributed by atoms with van der Waals surface area (Å²) in [5.41, 5.74) is 5.81. The van der Waals surface area contributed by atoms with Crippen molar-refractivity contribution in [2.75, 3.05) is 0 Å². The van der Waals surface area contributed by atoms with E-state index in [1.54, 1.807) is 0 Å². The molecule has 0 unspecified atom stereocenters. The van der Waals surface area contributed by atoms with Gasteiger partial charge in [-0.2, -0.15) is 5.10 Å². The summed E-state index contributed by atoms with van der Waals surface area (Å²) in [6.07, 6.45) is 6.53. The quantitative estimate of drug-likeness (QED) is 0.652. The lowest BCUT2D eigenvalue weighted by atomic mass is 9.74. The molecule has 2 atom stereocenters. The highest BCUT2D eigenvalue weighted by Gasteiger charge is 2.38. The van der Waals surface area contributed by atoms with E-state index in [4.69, 9.17) is 0 Å². The maximum atomic E-state index is 12.1. The lowest BCUT2D eigenvalue weighted by Gasteiger charge is -2.31. The van der Waals surface area contributed by atoms with E-state index in [1.807, 2.05) is 24.3 Å². The van der Waals surface area contributed by atoms with Gasteiger partial charge in [-0.25, -0.2) is 5.43 Å². The maximum Gasteiger partial charge on any atom is 0.271 e. The highest BCUT2D eigenvalue weighted by molar-refractivity contribution is 5.98. The van der Waals surface area contributed by atoms with Crippen molar-refractivity contribution in [2.24, 2.45) is 16.9 Å². The predicted octanol–water partition coefficient (Wildman–Crippen LogP) is 3.67. The van der Waals surface area contributed by atoms with Gasteiger partial charge in [0, 0.05) is 17.2 Å². The van der Waals surface area contributed by atoms with Gasteiger partial charge < -0.3 is 0 Å². The Morgan fingerprint density at radius 3 is 2.57 bits per heavy atom. The summed E-state index contributed by atoms with van der Waals surface area (Å²) in [6, 6.07) is 7.78. The first-order valence-corrected chi connectivity index (χ1v) is 7.59. The summed E-state index contributed by atoms with van der Waals surface area (Å²) in [6.45, 7) is 6.49. The number of carbonyl (C=O) groups is 1. The molecule has 3 rings (SSSR count). The maximum absolute atomic E-state index is 12.1. The molecule has 0 aliphatic heterocycles. The van der Waals surface area contributed by atoms with Gasteiger partial charge in [0.05, 0.1) is 0 Å². The predicted molar refractivity (Wildman–Crippen MR) is 85.4 cm³/mol. The van der Waals surface area contributed by atoms with Crippen molar-refractivity contribution in [3.05, 3.63) is 47.5 Å². The van der Waals surface area contributed by atoms with Gasteiger partial charge >= 0.3 is 0 Å². The Balaban J connectivity index is 1.62. The summed E-state index contributed by atoms with van der Waals surface area (Å²) in [7, 11) is 0. The summed E-state index contributed by atoms with van der Waals surface area (Å²) < 4.78 is 0. The molecule has 1 aromatic carbocycles. The Morgan fingerprint density at radius 2 is 1.95 bits per heavy atom. The molecule has 1 amide bonds. The van der Waals surface area contributed by atoms with Crippen LogP contribution in [0.3, 0.4) is 0 Å². The summed E-state index contributed by atoms with van der Waals surface area (Å²) in [5.74, 6) is 1.07. The Bertz CT molecular complexity index is 605. The number of amides is 1. The zero-order valence-corrected chi connectivity index (χ0v) is 12.9. The fourth-order valence-corrected chi connectivity index (χ4v) is 2.97. The second-order valence-electron chi connectivity index (χ2n) is 7.01. The van der Waals surface area contributed by atoms with Crippen LogP contribution >= 0.6 is 0 Å².